The van der Waals surface area contributed by atoms with Crippen molar-refractivity contribution < 1.29 is 14.0 Å². The number of amides is 2. The summed E-state index contributed by atoms with van der Waals surface area (Å²) in [6.45, 7) is 4.54. The fourth-order valence-electron chi connectivity index (χ4n) is 1.41. The second kappa shape index (κ2) is 7.51. The molecular weight excluding hydrogens is 247 g/mol. The molecule has 19 heavy (non-hydrogen) atoms. The van der Waals surface area contributed by atoms with E-state index in [0.29, 0.717) is 18.0 Å². The zero-order chi connectivity index (χ0) is 14.3. The Bertz CT molecular complexity index is 430. The molecule has 1 aromatic rings. The number of carbonyl (C=O) groups is 2. The molecular formula is C14H19FN2O2. The summed E-state index contributed by atoms with van der Waals surface area (Å²) in [5.74, 6) is -0.427. The Labute approximate surface area is 112 Å². The standard InChI is InChI=1S/C14H19FN2O2/c1-10(2)8-16-14(19)9-17-13(18)7-11-3-5-12(15)6-4-11/h3-6,10H,7-9H2,1-2H3,(H,16,19)(H,17,18). The largest absolute Gasteiger partial charge is 0.354 e. The van der Waals surface area contributed by atoms with Crippen molar-refractivity contribution in [1.29, 1.82) is 0 Å². The Morgan fingerprint density at radius 3 is 2.32 bits per heavy atom. The molecule has 1 rings (SSSR count). The Morgan fingerprint density at radius 1 is 1.11 bits per heavy atom. The highest BCUT2D eigenvalue weighted by Crippen LogP contribution is 2.03. The van der Waals surface area contributed by atoms with E-state index < -0.39 is 0 Å². The smallest absolute Gasteiger partial charge is 0.239 e. The van der Waals surface area contributed by atoms with Crippen LogP contribution >= 0.6 is 0 Å². The van der Waals surface area contributed by atoms with Gasteiger partial charge in [0.25, 0.3) is 0 Å². The average Bonchev–Trinajstić information content (AvgIpc) is 2.36. The van der Waals surface area contributed by atoms with Crippen molar-refractivity contribution in [2.24, 2.45) is 5.92 Å². The lowest BCUT2D eigenvalue weighted by Crippen LogP contribution is -2.38. The van der Waals surface area contributed by atoms with E-state index in [9.17, 15) is 14.0 Å². The lowest BCUT2D eigenvalue weighted by molar-refractivity contribution is -0.125. The van der Waals surface area contributed by atoms with E-state index in [-0.39, 0.29) is 30.6 Å². The monoisotopic (exact) mass is 266 g/mol. The molecule has 0 heterocycles. The molecule has 0 aliphatic heterocycles. The van der Waals surface area contributed by atoms with Gasteiger partial charge in [-0.25, -0.2) is 4.39 Å². The molecule has 1 aromatic carbocycles. The van der Waals surface area contributed by atoms with Crippen LogP contribution in [0, 0.1) is 11.7 Å². The third kappa shape index (κ3) is 6.55. The first-order valence-corrected chi connectivity index (χ1v) is 6.25. The van der Waals surface area contributed by atoms with Crippen molar-refractivity contribution >= 4 is 11.8 Å². The quantitative estimate of drug-likeness (QED) is 0.814. The van der Waals surface area contributed by atoms with E-state index in [2.05, 4.69) is 10.6 Å². The molecule has 4 nitrogen and oxygen atoms in total. The zero-order valence-corrected chi connectivity index (χ0v) is 11.2. The maximum absolute atomic E-state index is 12.7. The van der Waals surface area contributed by atoms with E-state index in [0.717, 1.165) is 0 Å². The molecule has 0 unspecified atom stereocenters. The van der Waals surface area contributed by atoms with E-state index in [1.807, 2.05) is 13.8 Å². The van der Waals surface area contributed by atoms with Crippen LogP contribution in [0.15, 0.2) is 24.3 Å². The topological polar surface area (TPSA) is 58.2 Å². The van der Waals surface area contributed by atoms with Crippen LogP contribution in [0.25, 0.3) is 0 Å². The van der Waals surface area contributed by atoms with Crippen molar-refractivity contribution in [2.45, 2.75) is 20.3 Å². The molecule has 0 atom stereocenters. The number of benzene rings is 1. The highest BCUT2D eigenvalue weighted by molar-refractivity contribution is 5.85. The molecule has 0 aliphatic rings. The summed E-state index contributed by atoms with van der Waals surface area (Å²) in [4.78, 5) is 22.9. The van der Waals surface area contributed by atoms with E-state index in [1.54, 1.807) is 12.1 Å². The van der Waals surface area contributed by atoms with Gasteiger partial charge in [-0.15, -0.1) is 0 Å². The zero-order valence-electron chi connectivity index (χ0n) is 11.2. The van der Waals surface area contributed by atoms with Gasteiger partial charge in [0.2, 0.25) is 11.8 Å². The molecule has 104 valence electrons. The summed E-state index contributed by atoms with van der Waals surface area (Å²) in [6, 6.07) is 5.71. The van der Waals surface area contributed by atoms with Crippen molar-refractivity contribution in [2.75, 3.05) is 13.1 Å². The van der Waals surface area contributed by atoms with Crippen LogP contribution in [0.2, 0.25) is 0 Å². The third-order valence-electron chi connectivity index (χ3n) is 2.43. The Balaban J connectivity index is 2.28. The van der Waals surface area contributed by atoms with Crippen LogP contribution in [-0.4, -0.2) is 24.9 Å². The van der Waals surface area contributed by atoms with Crippen LogP contribution < -0.4 is 10.6 Å². The highest BCUT2D eigenvalue weighted by atomic mass is 19.1. The van der Waals surface area contributed by atoms with Crippen molar-refractivity contribution in [3.8, 4) is 0 Å². The van der Waals surface area contributed by atoms with Gasteiger partial charge in [0, 0.05) is 6.54 Å². The van der Waals surface area contributed by atoms with E-state index >= 15 is 0 Å². The number of halogens is 1. The Kier molecular flexibility index (Phi) is 5.99. The van der Waals surface area contributed by atoms with Gasteiger partial charge in [-0.2, -0.15) is 0 Å². The lowest BCUT2D eigenvalue weighted by Gasteiger charge is -2.08. The summed E-state index contributed by atoms with van der Waals surface area (Å²) >= 11 is 0. The second-order valence-electron chi connectivity index (χ2n) is 4.78. The highest BCUT2D eigenvalue weighted by Gasteiger charge is 2.06. The molecule has 0 radical (unpaired) electrons. The third-order valence-corrected chi connectivity index (χ3v) is 2.43. The van der Waals surface area contributed by atoms with Crippen molar-refractivity contribution in [3.63, 3.8) is 0 Å². The first-order valence-electron chi connectivity index (χ1n) is 6.25. The van der Waals surface area contributed by atoms with Crippen molar-refractivity contribution in [1.82, 2.24) is 10.6 Å². The summed E-state index contributed by atoms with van der Waals surface area (Å²) in [5.41, 5.74) is 0.710. The van der Waals surface area contributed by atoms with Crippen LogP contribution in [-0.2, 0) is 16.0 Å². The molecule has 0 aliphatic carbocycles. The molecule has 2 N–H and O–H groups in total. The Hall–Kier alpha value is -1.91. The summed E-state index contributed by atoms with van der Waals surface area (Å²) in [6.07, 6.45) is 0.137. The SMILES string of the molecule is CC(C)CNC(=O)CNC(=O)Cc1ccc(F)cc1. The summed E-state index contributed by atoms with van der Waals surface area (Å²) in [5, 5.41) is 5.23. The van der Waals surface area contributed by atoms with Gasteiger partial charge >= 0.3 is 0 Å². The minimum atomic E-state index is -0.336. The molecule has 0 fully saturated rings. The first kappa shape index (κ1) is 15.1. The predicted octanol–water partition coefficient (Wildman–Crippen LogP) is 1.26. The number of hydrogen-bond acceptors (Lipinski definition) is 2. The lowest BCUT2D eigenvalue weighted by atomic mass is 10.1. The van der Waals surface area contributed by atoms with E-state index in [4.69, 9.17) is 0 Å². The molecule has 5 heteroatoms. The normalized spacial score (nSPS) is 10.3. The van der Waals surface area contributed by atoms with Gasteiger partial charge in [-0.05, 0) is 23.6 Å². The Morgan fingerprint density at radius 2 is 1.74 bits per heavy atom. The fraction of sp³-hybridized carbons (Fsp3) is 0.429. The molecule has 0 saturated carbocycles. The van der Waals surface area contributed by atoms with Gasteiger partial charge in [0.1, 0.15) is 5.82 Å². The van der Waals surface area contributed by atoms with Gasteiger partial charge in [0.05, 0.1) is 13.0 Å². The number of nitrogens with one attached hydrogen (secondary N) is 2. The number of rotatable bonds is 6. The minimum absolute atomic E-state index is 0.0350. The number of hydrogen-bond donors (Lipinski definition) is 2. The van der Waals surface area contributed by atoms with Crippen LogP contribution in [0.4, 0.5) is 4.39 Å². The first-order chi connectivity index (χ1) is 8.97. The fourth-order valence-corrected chi connectivity index (χ4v) is 1.41. The number of carbonyl (C=O) groups excluding carboxylic acids is 2. The minimum Gasteiger partial charge on any atom is -0.354 e. The molecule has 0 spiro atoms. The van der Waals surface area contributed by atoms with Crippen LogP contribution in [0.3, 0.4) is 0 Å². The molecule has 0 saturated heterocycles. The van der Waals surface area contributed by atoms with Gasteiger partial charge in [-0.1, -0.05) is 26.0 Å². The molecule has 2 amide bonds. The van der Waals surface area contributed by atoms with Gasteiger partial charge in [0.15, 0.2) is 0 Å². The van der Waals surface area contributed by atoms with Crippen molar-refractivity contribution in [3.05, 3.63) is 35.6 Å². The second-order valence-corrected chi connectivity index (χ2v) is 4.78. The predicted molar refractivity (Wildman–Crippen MR) is 71.0 cm³/mol. The molecule has 0 aromatic heterocycles. The summed E-state index contributed by atoms with van der Waals surface area (Å²) < 4.78 is 12.7. The molecule has 0 bridgehead atoms. The maximum Gasteiger partial charge on any atom is 0.239 e. The van der Waals surface area contributed by atoms with Crippen LogP contribution in [0.5, 0.6) is 0 Å². The van der Waals surface area contributed by atoms with Gasteiger partial charge < -0.3 is 10.6 Å². The van der Waals surface area contributed by atoms with Crippen LogP contribution in [0.1, 0.15) is 19.4 Å². The van der Waals surface area contributed by atoms with E-state index in [1.165, 1.54) is 12.1 Å². The maximum atomic E-state index is 12.7. The van der Waals surface area contributed by atoms with Gasteiger partial charge in [-0.3, -0.25) is 9.59 Å². The summed E-state index contributed by atoms with van der Waals surface area (Å²) in [7, 11) is 0. The average molecular weight is 266 g/mol.